The number of esters is 1. The van der Waals surface area contributed by atoms with E-state index in [0.717, 1.165) is 16.8 Å². The van der Waals surface area contributed by atoms with Gasteiger partial charge in [0.1, 0.15) is 11.3 Å². The highest BCUT2D eigenvalue weighted by Gasteiger charge is 2.18. The number of methoxy groups -OCH3 is 1. The van der Waals surface area contributed by atoms with E-state index in [1.54, 1.807) is 12.3 Å². The van der Waals surface area contributed by atoms with Gasteiger partial charge in [0.2, 0.25) is 0 Å². The van der Waals surface area contributed by atoms with Gasteiger partial charge in [-0.25, -0.2) is 4.79 Å². The van der Waals surface area contributed by atoms with Gasteiger partial charge in [0.15, 0.2) is 0 Å². The van der Waals surface area contributed by atoms with Crippen molar-refractivity contribution in [2.75, 3.05) is 7.11 Å². The quantitative estimate of drug-likeness (QED) is 0.769. The molecule has 1 aromatic rings. The van der Waals surface area contributed by atoms with Crippen LogP contribution in [0.3, 0.4) is 0 Å². The first kappa shape index (κ1) is 12.6. The van der Waals surface area contributed by atoms with Crippen LogP contribution in [-0.4, -0.2) is 18.3 Å². The second-order valence-electron chi connectivity index (χ2n) is 4.32. The molecule has 0 aromatic carbocycles. The van der Waals surface area contributed by atoms with Crippen LogP contribution in [0.1, 0.15) is 48.2 Å². The van der Waals surface area contributed by atoms with Crippen LogP contribution >= 0.6 is 11.8 Å². The van der Waals surface area contributed by atoms with E-state index in [2.05, 4.69) is 0 Å². The van der Waals surface area contributed by atoms with Gasteiger partial charge in [-0.15, -0.1) is 0 Å². The third-order valence-corrected chi connectivity index (χ3v) is 4.52. The molecule has 1 aromatic heterocycles. The highest BCUT2D eigenvalue weighted by atomic mass is 32.2. The molecule has 0 N–H and O–H groups in total. The summed E-state index contributed by atoms with van der Waals surface area (Å²) in [7, 11) is 1.40. The predicted octanol–water partition coefficient (Wildman–Crippen LogP) is 3.63. The summed E-state index contributed by atoms with van der Waals surface area (Å²) >= 11 is 1.90. The average molecular weight is 254 g/mol. The van der Waals surface area contributed by atoms with Crippen LogP contribution < -0.4 is 0 Å². The van der Waals surface area contributed by atoms with Gasteiger partial charge >= 0.3 is 5.97 Å². The molecule has 0 bridgehead atoms. The normalized spacial score (nSPS) is 17.0. The minimum Gasteiger partial charge on any atom is -0.468 e. The summed E-state index contributed by atoms with van der Waals surface area (Å²) in [6, 6.07) is 1.68. The zero-order valence-electron chi connectivity index (χ0n) is 10.1. The molecule has 0 radical (unpaired) electrons. The Kier molecular flexibility index (Phi) is 4.54. The lowest BCUT2D eigenvalue weighted by Crippen LogP contribution is -2.09. The van der Waals surface area contributed by atoms with Crippen LogP contribution in [0.2, 0.25) is 0 Å². The lowest BCUT2D eigenvalue weighted by molar-refractivity contribution is 0.0598. The smallest absolute Gasteiger partial charge is 0.341 e. The average Bonchev–Trinajstić information content (AvgIpc) is 2.85. The van der Waals surface area contributed by atoms with Gasteiger partial charge in [0.05, 0.1) is 19.1 Å². The molecule has 1 aliphatic carbocycles. The Hall–Kier alpha value is -0.900. The van der Waals surface area contributed by atoms with Crippen LogP contribution in [0.15, 0.2) is 16.7 Å². The largest absolute Gasteiger partial charge is 0.468 e. The zero-order valence-corrected chi connectivity index (χ0v) is 10.9. The number of thioether (sulfide) groups is 1. The fourth-order valence-electron chi connectivity index (χ4n) is 2.17. The summed E-state index contributed by atoms with van der Waals surface area (Å²) in [5, 5.41) is 0.722. The van der Waals surface area contributed by atoms with Crippen LogP contribution in [0, 0.1) is 0 Å². The van der Waals surface area contributed by atoms with E-state index in [1.807, 2.05) is 11.8 Å². The van der Waals surface area contributed by atoms with Crippen molar-refractivity contribution in [3.05, 3.63) is 23.7 Å². The Morgan fingerprint density at radius 2 is 2.24 bits per heavy atom. The van der Waals surface area contributed by atoms with Crippen molar-refractivity contribution in [2.24, 2.45) is 0 Å². The number of hydrogen-bond donors (Lipinski definition) is 0. The molecule has 0 aliphatic heterocycles. The van der Waals surface area contributed by atoms with Gasteiger partial charge in [-0.2, -0.15) is 11.8 Å². The minimum absolute atomic E-state index is 0.307. The van der Waals surface area contributed by atoms with Gasteiger partial charge in [-0.05, 0) is 18.9 Å². The SMILES string of the molecule is COC(=O)c1ccoc1CSC1CCCCC1. The number of carbonyl (C=O) groups excluding carboxylic acids is 1. The van der Waals surface area contributed by atoms with Gasteiger partial charge < -0.3 is 9.15 Å². The topological polar surface area (TPSA) is 39.4 Å². The first-order valence-corrected chi connectivity index (χ1v) is 7.12. The van der Waals surface area contributed by atoms with Crippen molar-refractivity contribution in [3.8, 4) is 0 Å². The highest BCUT2D eigenvalue weighted by Crippen LogP contribution is 2.31. The van der Waals surface area contributed by atoms with Crippen LogP contribution in [0.5, 0.6) is 0 Å². The summed E-state index contributed by atoms with van der Waals surface area (Å²) in [6.45, 7) is 0. The summed E-state index contributed by atoms with van der Waals surface area (Å²) in [5.74, 6) is 1.20. The Morgan fingerprint density at radius 1 is 1.47 bits per heavy atom. The maximum absolute atomic E-state index is 11.5. The standard InChI is InChI=1S/C13H18O3S/c1-15-13(14)11-7-8-16-12(11)9-17-10-5-3-2-4-6-10/h7-8,10H,2-6,9H2,1H3. The molecule has 1 saturated carbocycles. The van der Waals surface area contributed by atoms with Gasteiger partial charge in [0, 0.05) is 5.25 Å². The molecule has 17 heavy (non-hydrogen) atoms. The molecule has 2 rings (SSSR count). The highest BCUT2D eigenvalue weighted by molar-refractivity contribution is 7.99. The van der Waals surface area contributed by atoms with Crippen molar-refractivity contribution in [3.63, 3.8) is 0 Å². The molecule has 0 amide bonds. The summed E-state index contributed by atoms with van der Waals surface area (Å²) in [6.07, 6.45) is 8.17. The van der Waals surface area contributed by atoms with Gasteiger partial charge in [-0.1, -0.05) is 19.3 Å². The molecule has 3 nitrogen and oxygen atoms in total. The van der Waals surface area contributed by atoms with E-state index < -0.39 is 0 Å². The van der Waals surface area contributed by atoms with Crippen LogP contribution in [-0.2, 0) is 10.5 Å². The molecule has 0 saturated heterocycles. The van der Waals surface area contributed by atoms with Crippen molar-refractivity contribution < 1.29 is 13.9 Å². The molecular weight excluding hydrogens is 236 g/mol. The molecule has 0 spiro atoms. The lowest BCUT2D eigenvalue weighted by Gasteiger charge is -2.20. The Morgan fingerprint density at radius 3 is 2.94 bits per heavy atom. The van der Waals surface area contributed by atoms with Crippen molar-refractivity contribution in [1.29, 1.82) is 0 Å². The monoisotopic (exact) mass is 254 g/mol. The third kappa shape index (κ3) is 3.28. The van der Waals surface area contributed by atoms with Crippen molar-refractivity contribution in [1.82, 2.24) is 0 Å². The fourth-order valence-corrected chi connectivity index (χ4v) is 3.45. The van der Waals surface area contributed by atoms with Gasteiger partial charge in [-0.3, -0.25) is 0 Å². The van der Waals surface area contributed by atoms with Crippen LogP contribution in [0.4, 0.5) is 0 Å². The van der Waals surface area contributed by atoms with E-state index in [9.17, 15) is 4.79 Å². The molecule has 0 unspecified atom stereocenters. The second kappa shape index (κ2) is 6.15. The molecular formula is C13H18O3S. The first-order chi connectivity index (χ1) is 8.31. The summed E-state index contributed by atoms with van der Waals surface area (Å²) in [5.41, 5.74) is 0.566. The third-order valence-electron chi connectivity index (χ3n) is 3.15. The number of carbonyl (C=O) groups is 1. The summed E-state index contributed by atoms with van der Waals surface area (Å²) in [4.78, 5) is 11.5. The molecule has 4 heteroatoms. The van der Waals surface area contributed by atoms with E-state index in [1.165, 1.54) is 39.2 Å². The molecule has 94 valence electrons. The predicted molar refractivity (Wildman–Crippen MR) is 68.2 cm³/mol. The fraction of sp³-hybridized carbons (Fsp3) is 0.615. The maximum Gasteiger partial charge on any atom is 0.341 e. The lowest BCUT2D eigenvalue weighted by atomic mass is 10.0. The molecule has 1 fully saturated rings. The Bertz CT molecular complexity index is 366. The van der Waals surface area contributed by atoms with E-state index in [0.29, 0.717) is 5.56 Å². The number of hydrogen-bond acceptors (Lipinski definition) is 4. The zero-order chi connectivity index (χ0) is 12.1. The van der Waals surface area contributed by atoms with E-state index >= 15 is 0 Å². The van der Waals surface area contributed by atoms with E-state index in [4.69, 9.17) is 9.15 Å². The van der Waals surface area contributed by atoms with Crippen molar-refractivity contribution >= 4 is 17.7 Å². The summed E-state index contributed by atoms with van der Waals surface area (Å²) < 4.78 is 10.1. The Labute approximate surface area is 106 Å². The first-order valence-electron chi connectivity index (χ1n) is 6.07. The number of rotatable bonds is 4. The maximum atomic E-state index is 11.5. The Balaban J connectivity index is 1.89. The number of furan rings is 1. The molecule has 0 atom stereocenters. The number of ether oxygens (including phenoxy) is 1. The van der Waals surface area contributed by atoms with E-state index in [-0.39, 0.29) is 5.97 Å². The molecule has 1 aliphatic rings. The molecule has 1 heterocycles. The minimum atomic E-state index is -0.307. The van der Waals surface area contributed by atoms with Gasteiger partial charge in [0.25, 0.3) is 0 Å². The second-order valence-corrected chi connectivity index (χ2v) is 5.61. The van der Waals surface area contributed by atoms with Crippen molar-refractivity contribution in [2.45, 2.75) is 43.1 Å². The van der Waals surface area contributed by atoms with Crippen LogP contribution in [0.25, 0.3) is 0 Å².